The highest BCUT2D eigenvalue weighted by molar-refractivity contribution is 5.49. The number of aryl methyl sites for hydroxylation is 1. The first kappa shape index (κ1) is 10.5. The van der Waals surface area contributed by atoms with E-state index in [9.17, 15) is 0 Å². The molecule has 0 aliphatic carbocycles. The molecule has 0 saturated carbocycles. The van der Waals surface area contributed by atoms with Gasteiger partial charge in [0.2, 0.25) is 0 Å². The van der Waals surface area contributed by atoms with E-state index in [1.54, 1.807) is 13.3 Å². The quantitative estimate of drug-likeness (QED) is 0.856. The fourth-order valence-electron chi connectivity index (χ4n) is 1.44. The first-order valence-electron chi connectivity index (χ1n) is 5.08. The monoisotopic (exact) mass is 218 g/mol. The number of ether oxygens (including phenoxy) is 1. The van der Waals surface area contributed by atoms with E-state index in [-0.39, 0.29) is 0 Å². The van der Waals surface area contributed by atoms with Crippen LogP contribution in [0.2, 0.25) is 0 Å². The maximum Gasteiger partial charge on any atom is 0.169 e. The molecule has 2 rings (SSSR count). The second-order valence-electron chi connectivity index (χ2n) is 3.42. The van der Waals surface area contributed by atoms with E-state index in [0.717, 1.165) is 23.1 Å². The summed E-state index contributed by atoms with van der Waals surface area (Å²) in [4.78, 5) is 4.19. The lowest BCUT2D eigenvalue weighted by Gasteiger charge is -2.07. The van der Waals surface area contributed by atoms with Crippen LogP contribution >= 0.6 is 0 Å². The van der Waals surface area contributed by atoms with E-state index in [1.165, 1.54) is 0 Å². The summed E-state index contributed by atoms with van der Waals surface area (Å²) in [6, 6.07) is 7.58. The van der Waals surface area contributed by atoms with E-state index in [1.807, 2.05) is 31.2 Å². The van der Waals surface area contributed by atoms with E-state index in [2.05, 4.69) is 10.3 Å². The summed E-state index contributed by atoms with van der Waals surface area (Å²) in [5.41, 5.74) is 0. The fraction of sp³-hybridized carbons (Fsp3) is 0.250. The van der Waals surface area contributed by atoms with Gasteiger partial charge in [-0.2, -0.15) is 0 Å². The summed E-state index contributed by atoms with van der Waals surface area (Å²) in [5, 5.41) is 3.16. The lowest BCUT2D eigenvalue weighted by Crippen LogP contribution is -2.02. The summed E-state index contributed by atoms with van der Waals surface area (Å²) in [5.74, 6) is 3.24. The molecule has 0 atom stereocenters. The first-order chi connectivity index (χ1) is 7.79. The topological polar surface area (TPSA) is 47.3 Å². The molecule has 2 aromatic rings. The molecule has 2 aromatic heterocycles. The van der Waals surface area contributed by atoms with Crippen molar-refractivity contribution in [2.75, 3.05) is 12.4 Å². The molecule has 0 aliphatic rings. The molecule has 0 aliphatic heterocycles. The molecule has 0 unspecified atom stereocenters. The van der Waals surface area contributed by atoms with Gasteiger partial charge in [-0.15, -0.1) is 0 Å². The molecule has 0 saturated heterocycles. The Kier molecular flexibility index (Phi) is 3.10. The molecule has 0 spiro atoms. The Bertz CT molecular complexity index is 466. The van der Waals surface area contributed by atoms with Crippen molar-refractivity contribution in [1.29, 1.82) is 0 Å². The Morgan fingerprint density at radius 1 is 1.38 bits per heavy atom. The molecule has 4 heteroatoms. The van der Waals surface area contributed by atoms with Crippen LogP contribution in [0.1, 0.15) is 11.5 Å². The highest BCUT2D eigenvalue weighted by Gasteiger charge is 2.04. The zero-order chi connectivity index (χ0) is 11.4. The molecule has 2 heterocycles. The van der Waals surface area contributed by atoms with Crippen LogP contribution in [0, 0.1) is 6.92 Å². The molecular formula is C12H14N2O2. The summed E-state index contributed by atoms with van der Waals surface area (Å²) >= 11 is 0. The lowest BCUT2D eigenvalue weighted by atomic mass is 10.4. The van der Waals surface area contributed by atoms with Gasteiger partial charge < -0.3 is 14.5 Å². The third-order valence-electron chi connectivity index (χ3n) is 2.22. The van der Waals surface area contributed by atoms with Gasteiger partial charge in [0.05, 0.1) is 13.7 Å². The van der Waals surface area contributed by atoms with Gasteiger partial charge in [0.15, 0.2) is 11.6 Å². The molecule has 0 bridgehead atoms. The molecule has 1 N–H and O–H groups in total. The van der Waals surface area contributed by atoms with Crippen molar-refractivity contribution < 1.29 is 9.15 Å². The van der Waals surface area contributed by atoms with Crippen LogP contribution in [0.5, 0.6) is 5.75 Å². The fourth-order valence-corrected chi connectivity index (χ4v) is 1.44. The van der Waals surface area contributed by atoms with Crippen molar-refractivity contribution >= 4 is 5.82 Å². The van der Waals surface area contributed by atoms with Gasteiger partial charge in [-0.3, -0.25) is 0 Å². The minimum atomic E-state index is 0.598. The van der Waals surface area contributed by atoms with Crippen molar-refractivity contribution in [3.8, 4) is 5.75 Å². The number of aromatic nitrogens is 1. The zero-order valence-electron chi connectivity index (χ0n) is 9.36. The van der Waals surface area contributed by atoms with Gasteiger partial charge >= 0.3 is 0 Å². The molecule has 0 fully saturated rings. The van der Waals surface area contributed by atoms with Gasteiger partial charge in [-0.25, -0.2) is 4.98 Å². The second-order valence-corrected chi connectivity index (χ2v) is 3.42. The van der Waals surface area contributed by atoms with Gasteiger partial charge in [0.1, 0.15) is 11.5 Å². The number of rotatable bonds is 4. The zero-order valence-corrected chi connectivity index (χ0v) is 9.36. The van der Waals surface area contributed by atoms with Gasteiger partial charge in [0.25, 0.3) is 0 Å². The van der Waals surface area contributed by atoms with Crippen molar-refractivity contribution in [2.45, 2.75) is 13.5 Å². The van der Waals surface area contributed by atoms with Gasteiger partial charge in [-0.1, -0.05) is 0 Å². The van der Waals surface area contributed by atoms with Crippen LogP contribution in [0.15, 0.2) is 34.9 Å². The van der Waals surface area contributed by atoms with Crippen LogP contribution in [0.4, 0.5) is 5.82 Å². The van der Waals surface area contributed by atoms with Crippen molar-refractivity contribution in [3.63, 3.8) is 0 Å². The minimum Gasteiger partial charge on any atom is -0.493 e. The molecule has 84 valence electrons. The Balaban J connectivity index is 2.04. The predicted octanol–water partition coefficient (Wildman–Crippen LogP) is 2.60. The molecule has 4 nitrogen and oxygen atoms in total. The maximum absolute atomic E-state index is 5.45. The number of nitrogens with zero attached hydrogens (tertiary/aromatic N) is 1. The molecule has 0 amide bonds. The third kappa shape index (κ3) is 2.34. The van der Waals surface area contributed by atoms with Crippen LogP contribution < -0.4 is 10.1 Å². The van der Waals surface area contributed by atoms with E-state index >= 15 is 0 Å². The number of pyridine rings is 1. The molecule has 0 aromatic carbocycles. The van der Waals surface area contributed by atoms with Crippen molar-refractivity contribution in [1.82, 2.24) is 4.98 Å². The standard InChI is InChI=1S/C12H14N2O2/c1-9-5-6-10(16-9)8-14-12-11(15-2)4-3-7-13-12/h3-7H,8H2,1-2H3,(H,13,14). The summed E-state index contributed by atoms with van der Waals surface area (Å²) in [6.45, 7) is 2.52. The van der Waals surface area contributed by atoms with Crippen LogP contribution in [0.25, 0.3) is 0 Å². The van der Waals surface area contributed by atoms with E-state index < -0.39 is 0 Å². The van der Waals surface area contributed by atoms with Crippen LogP contribution in [0.3, 0.4) is 0 Å². The van der Waals surface area contributed by atoms with Crippen LogP contribution in [-0.4, -0.2) is 12.1 Å². The highest BCUT2D eigenvalue weighted by Crippen LogP contribution is 2.20. The Morgan fingerprint density at radius 2 is 2.25 bits per heavy atom. The summed E-state index contributed by atoms with van der Waals surface area (Å²) in [6.07, 6.45) is 1.72. The predicted molar refractivity (Wildman–Crippen MR) is 61.6 cm³/mol. The lowest BCUT2D eigenvalue weighted by molar-refractivity contribution is 0.414. The van der Waals surface area contributed by atoms with E-state index in [4.69, 9.17) is 9.15 Å². The number of furan rings is 1. The van der Waals surface area contributed by atoms with Gasteiger partial charge in [-0.05, 0) is 31.2 Å². The number of nitrogens with one attached hydrogen (secondary N) is 1. The minimum absolute atomic E-state index is 0.598. The first-order valence-corrected chi connectivity index (χ1v) is 5.08. The van der Waals surface area contributed by atoms with Crippen molar-refractivity contribution in [3.05, 3.63) is 42.0 Å². The highest BCUT2D eigenvalue weighted by atomic mass is 16.5. The second kappa shape index (κ2) is 4.70. The molecule has 16 heavy (non-hydrogen) atoms. The summed E-state index contributed by atoms with van der Waals surface area (Å²) < 4.78 is 10.6. The number of methoxy groups -OCH3 is 1. The Labute approximate surface area is 94.3 Å². The molecular weight excluding hydrogens is 204 g/mol. The Hall–Kier alpha value is -1.97. The normalized spacial score (nSPS) is 10.1. The van der Waals surface area contributed by atoms with Crippen molar-refractivity contribution in [2.24, 2.45) is 0 Å². The number of hydrogen-bond acceptors (Lipinski definition) is 4. The average Bonchev–Trinajstić information content (AvgIpc) is 2.73. The molecule has 0 radical (unpaired) electrons. The Morgan fingerprint density at radius 3 is 2.94 bits per heavy atom. The summed E-state index contributed by atoms with van der Waals surface area (Å²) in [7, 11) is 1.62. The average molecular weight is 218 g/mol. The van der Waals surface area contributed by atoms with Gasteiger partial charge in [0, 0.05) is 6.20 Å². The van der Waals surface area contributed by atoms with Crippen LogP contribution in [-0.2, 0) is 6.54 Å². The maximum atomic E-state index is 5.45. The van der Waals surface area contributed by atoms with E-state index in [0.29, 0.717) is 6.54 Å². The number of hydrogen-bond donors (Lipinski definition) is 1. The number of anilines is 1. The smallest absolute Gasteiger partial charge is 0.169 e. The SMILES string of the molecule is COc1cccnc1NCc1ccc(C)o1. The third-order valence-corrected chi connectivity index (χ3v) is 2.22. The largest absolute Gasteiger partial charge is 0.493 e.